The minimum Gasteiger partial charge on any atom is -0.305 e. The number of hydrogen-bond donors (Lipinski definition) is 0. The van der Waals surface area contributed by atoms with E-state index in [9.17, 15) is 0 Å². The topological polar surface area (TPSA) is 19.4 Å². The molecular formula is C81H152N6. The molecule has 0 aromatic heterocycles. The molecule has 506 valence electrons. The van der Waals surface area contributed by atoms with Crippen LogP contribution in [-0.2, 0) is 0 Å². The van der Waals surface area contributed by atoms with Crippen molar-refractivity contribution in [3.8, 4) is 0 Å². The average molecular weight is 1210 g/mol. The molecular weight excluding hydrogens is 1060 g/mol. The van der Waals surface area contributed by atoms with Gasteiger partial charge in [-0.3, -0.25) is 4.90 Å². The molecule has 6 heteroatoms. The number of hydrogen-bond acceptors (Lipinski definition) is 6. The Balaban J connectivity index is 0.000000121. The zero-order chi connectivity index (χ0) is 63.3. The zero-order valence-electron chi connectivity index (χ0n) is 62.6. The highest BCUT2D eigenvalue weighted by Gasteiger charge is 2.69. The third-order valence-corrected chi connectivity index (χ3v) is 29.7. The van der Waals surface area contributed by atoms with Gasteiger partial charge in [0.1, 0.15) is 0 Å². The van der Waals surface area contributed by atoms with E-state index in [4.69, 9.17) is 0 Å². The van der Waals surface area contributed by atoms with Crippen molar-refractivity contribution in [3.63, 3.8) is 0 Å². The predicted octanol–water partition coefficient (Wildman–Crippen LogP) is 18.7. The molecule has 14 atom stereocenters. The average Bonchev–Trinajstić information content (AvgIpc) is 1.58. The number of rotatable bonds is 6. The third-order valence-electron chi connectivity index (χ3n) is 29.7. The molecule has 0 N–H and O–H groups in total. The lowest BCUT2D eigenvalue weighted by atomic mass is 9.76. The van der Waals surface area contributed by atoms with Gasteiger partial charge in [-0.05, 0) is 241 Å². The van der Waals surface area contributed by atoms with Gasteiger partial charge in [0, 0.05) is 97.2 Å². The maximum Gasteiger partial charge on any atom is 0.00956 e. The summed E-state index contributed by atoms with van der Waals surface area (Å²) in [5, 5.41) is 0. The SMILES string of the molecule is C.CC(C)(C)C12CC1CN(C1CCC1)C2.CC(C)(C)C12CC1CN(CC1CC1)C2.CC(C)(C)C1C2CCCC21.CC(C)N1CC2CC2(C(C)(C)C)C1.CCN1CC2C(C1)C2C(C)(C)C.CCN1CC2CC2(C(C)(C)C)C1.CN1CC2CC2(C(C)(C)C)C1. The van der Waals surface area contributed by atoms with E-state index in [-0.39, 0.29) is 7.43 Å². The fraction of sp³-hybridized carbons (Fsp3) is 1.00. The molecule has 0 spiro atoms. The number of likely N-dealkylation sites (tertiary alicyclic amines) is 6. The summed E-state index contributed by atoms with van der Waals surface area (Å²) in [5.74, 6) is 12.7. The summed E-state index contributed by atoms with van der Waals surface area (Å²) in [6.45, 7) is 80.3. The van der Waals surface area contributed by atoms with Crippen LogP contribution >= 0.6 is 0 Å². The van der Waals surface area contributed by atoms with Gasteiger partial charge >= 0.3 is 0 Å². The molecule has 6 nitrogen and oxygen atoms in total. The van der Waals surface area contributed by atoms with Gasteiger partial charge in [-0.1, -0.05) is 180 Å². The number of fused-ring (bicyclic) bond motifs is 7. The van der Waals surface area contributed by atoms with Crippen LogP contribution in [0, 0.1) is 136 Å². The van der Waals surface area contributed by atoms with Crippen molar-refractivity contribution in [1.29, 1.82) is 0 Å². The van der Waals surface area contributed by atoms with Crippen LogP contribution in [-0.4, -0.2) is 147 Å². The van der Waals surface area contributed by atoms with Gasteiger partial charge in [-0.2, -0.15) is 0 Å². The van der Waals surface area contributed by atoms with Crippen molar-refractivity contribution in [1.82, 2.24) is 29.4 Å². The smallest absolute Gasteiger partial charge is 0.00956 e. The highest BCUT2D eigenvalue weighted by molar-refractivity contribution is 5.20. The monoisotopic (exact) mass is 1210 g/mol. The fourth-order valence-electron chi connectivity index (χ4n) is 22.5. The van der Waals surface area contributed by atoms with Gasteiger partial charge in [0.05, 0.1) is 0 Å². The first-order valence-electron chi connectivity index (χ1n) is 37.8. The number of piperidine rings is 6. The highest BCUT2D eigenvalue weighted by Crippen LogP contribution is 2.71. The number of nitrogens with zero attached hydrogens (tertiary/aromatic N) is 6. The van der Waals surface area contributed by atoms with Gasteiger partial charge in [0.25, 0.3) is 0 Å². The van der Waals surface area contributed by atoms with E-state index in [1.54, 1.807) is 0 Å². The van der Waals surface area contributed by atoms with Crippen molar-refractivity contribution < 1.29 is 0 Å². The molecule has 16 rings (SSSR count). The van der Waals surface area contributed by atoms with Crippen molar-refractivity contribution in [3.05, 3.63) is 0 Å². The summed E-state index contributed by atoms with van der Waals surface area (Å²) in [6, 6.07) is 1.72. The van der Waals surface area contributed by atoms with Gasteiger partial charge in [-0.25, -0.2) is 0 Å². The Morgan fingerprint density at radius 2 is 0.747 bits per heavy atom. The van der Waals surface area contributed by atoms with Crippen LogP contribution < -0.4 is 0 Å². The summed E-state index contributed by atoms with van der Waals surface area (Å²) in [5.41, 5.74) is 7.31. The largest absolute Gasteiger partial charge is 0.305 e. The van der Waals surface area contributed by atoms with E-state index in [2.05, 4.69) is 210 Å². The zero-order valence-corrected chi connectivity index (χ0v) is 62.6. The van der Waals surface area contributed by atoms with Gasteiger partial charge in [0.15, 0.2) is 0 Å². The summed E-state index contributed by atoms with van der Waals surface area (Å²) < 4.78 is 0. The second kappa shape index (κ2) is 24.1. The molecule has 0 aromatic carbocycles. The first-order chi connectivity index (χ1) is 39.5. The molecule has 14 unspecified atom stereocenters. The Morgan fingerprint density at radius 1 is 0.379 bits per heavy atom. The molecule has 10 saturated carbocycles. The van der Waals surface area contributed by atoms with Crippen LogP contribution in [0.1, 0.15) is 264 Å². The third kappa shape index (κ3) is 14.2. The van der Waals surface area contributed by atoms with Gasteiger partial charge in [-0.15, -0.1) is 0 Å². The second-order valence-corrected chi connectivity index (χ2v) is 42.0. The molecule has 6 heterocycles. The quantitative estimate of drug-likeness (QED) is 0.262. The van der Waals surface area contributed by atoms with Crippen LogP contribution in [0.5, 0.6) is 0 Å². The van der Waals surface area contributed by atoms with E-state index < -0.39 is 0 Å². The summed E-state index contributed by atoms with van der Waals surface area (Å²) in [6.07, 6.45) is 19.5. The lowest BCUT2D eigenvalue weighted by Gasteiger charge is -2.38. The van der Waals surface area contributed by atoms with E-state index in [0.29, 0.717) is 65.0 Å². The van der Waals surface area contributed by atoms with Crippen molar-refractivity contribution in [2.45, 2.75) is 276 Å². The lowest BCUT2D eigenvalue weighted by Crippen LogP contribution is -2.41. The van der Waals surface area contributed by atoms with E-state index >= 15 is 0 Å². The molecule has 0 amide bonds. The fourth-order valence-corrected chi connectivity index (χ4v) is 22.5. The van der Waals surface area contributed by atoms with Crippen LogP contribution in [0.3, 0.4) is 0 Å². The Labute approximate surface area is 543 Å². The first kappa shape index (κ1) is 71.1. The van der Waals surface area contributed by atoms with Crippen molar-refractivity contribution >= 4 is 0 Å². The Hall–Kier alpha value is -0.240. The summed E-state index contributed by atoms with van der Waals surface area (Å²) >= 11 is 0. The first-order valence-corrected chi connectivity index (χ1v) is 37.8. The van der Waals surface area contributed by atoms with Crippen molar-refractivity contribution in [2.75, 3.05) is 105 Å². The Morgan fingerprint density at radius 3 is 1.05 bits per heavy atom. The van der Waals surface area contributed by atoms with E-state index in [1.165, 1.54) is 182 Å². The summed E-state index contributed by atoms with van der Waals surface area (Å²) in [4.78, 5) is 15.9. The van der Waals surface area contributed by atoms with Gasteiger partial charge in [0.2, 0.25) is 0 Å². The molecule has 16 fully saturated rings. The second-order valence-electron chi connectivity index (χ2n) is 42.0. The van der Waals surface area contributed by atoms with Crippen LogP contribution in [0.2, 0.25) is 0 Å². The molecule has 0 bridgehead atoms. The summed E-state index contributed by atoms with van der Waals surface area (Å²) in [7, 11) is 2.25. The lowest BCUT2D eigenvalue weighted by molar-refractivity contribution is 0.106. The van der Waals surface area contributed by atoms with Crippen LogP contribution in [0.15, 0.2) is 0 Å². The normalized spacial score (nSPS) is 42.0. The molecule has 6 saturated heterocycles. The van der Waals surface area contributed by atoms with Crippen LogP contribution in [0.4, 0.5) is 0 Å². The molecule has 6 aliphatic heterocycles. The Bertz CT molecular complexity index is 2280. The van der Waals surface area contributed by atoms with Crippen molar-refractivity contribution in [2.24, 2.45) is 136 Å². The molecule has 87 heavy (non-hydrogen) atoms. The Kier molecular flexibility index (Phi) is 19.7. The standard InChI is InChI=1S/2C13H23N.C12H23N.2C11H21N.C10H19N.C10H18.CH4/c1-12(2,3)13-6-11(13)8-14(9-13)7-10-4-5-10;1-12(2,3)13-7-10(13)8-14(9-13)11-5-4-6-11;1-9(2)13-7-10-6-12(10,8-13)11(3,4)5;1-5-12-7-9-6-11(9,8-12)10(2,3)4;1-5-12-6-8-9(7-12)10(8)11(2,3)4;1-9(2,3)10-5-8(10)6-11(4)7-10;1-10(2,3)9-7-5-4-6-8(7)9;/h2*10-11H,4-9H2,1-3H3;9-10H,6-8H2,1-5H3;9H,5-8H2,1-4H3;8-10H,5-7H2,1-4H3;8H,5-7H2,1-4H3;7-9H,4-6H2,1-3H3;1H4. The van der Waals surface area contributed by atoms with Gasteiger partial charge < -0.3 is 24.5 Å². The molecule has 16 aliphatic rings. The van der Waals surface area contributed by atoms with Crippen LogP contribution in [0.25, 0.3) is 0 Å². The minimum absolute atomic E-state index is 0. The molecule has 0 radical (unpaired) electrons. The maximum absolute atomic E-state index is 2.79. The van der Waals surface area contributed by atoms with E-state index in [0.717, 1.165) is 83.1 Å². The minimum atomic E-state index is 0. The highest BCUT2D eigenvalue weighted by atomic mass is 15.2. The molecule has 0 aromatic rings. The van der Waals surface area contributed by atoms with E-state index in [1.807, 2.05) is 0 Å². The molecule has 10 aliphatic carbocycles. The predicted molar refractivity (Wildman–Crippen MR) is 377 cm³/mol. The maximum atomic E-state index is 2.79.